The van der Waals surface area contributed by atoms with E-state index < -0.39 is 5.54 Å². The third-order valence-corrected chi connectivity index (χ3v) is 5.05. The SMILES string of the molecule is C=C(C)C(N)=NC(C)(c1ccc(O)c(-c2cc(C#CC)ccn2)c1)C1CC1. The number of nitrogens with two attached hydrogens (primary N) is 1. The summed E-state index contributed by atoms with van der Waals surface area (Å²) in [6, 6.07) is 9.33. The molecule has 1 aliphatic rings. The van der Waals surface area contributed by atoms with Crippen LogP contribution in [0.1, 0.15) is 44.7 Å². The smallest absolute Gasteiger partial charge is 0.124 e. The van der Waals surface area contributed by atoms with Gasteiger partial charge in [0.25, 0.3) is 0 Å². The summed E-state index contributed by atoms with van der Waals surface area (Å²) >= 11 is 0. The summed E-state index contributed by atoms with van der Waals surface area (Å²) in [4.78, 5) is 9.25. The Morgan fingerprint density at radius 3 is 2.70 bits per heavy atom. The first-order valence-electron chi connectivity index (χ1n) is 9.09. The van der Waals surface area contributed by atoms with E-state index in [1.165, 1.54) is 0 Å². The molecule has 1 aromatic carbocycles. The van der Waals surface area contributed by atoms with Crippen molar-refractivity contribution in [2.75, 3.05) is 0 Å². The Morgan fingerprint density at radius 2 is 2.07 bits per heavy atom. The third-order valence-electron chi connectivity index (χ3n) is 5.05. The van der Waals surface area contributed by atoms with E-state index in [0.717, 1.165) is 29.5 Å². The zero-order chi connectivity index (χ0) is 19.6. The summed E-state index contributed by atoms with van der Waals surface area (Å²) < 4.78 is 0. The van der Waals surface area contributed by atoms with Crippen LogP contribution in [-0.2, 0) is 5.54 Å². The number of hydrogen-bond donors (Lipinski definition) is 2. The maximum atomic E-state index is 10.4. The molecule has 3 N–H and O–H groups in total. The molecule has 1 aliphatic carbocycles. The van der Waals surface area contributed by atoms with Crippen LogP contribution >= 0.6 is 0 Å². The molecule has 4 nitrogen and oxygen atoms in total. The lowest BCUT2D eigenvalue weighted by atomic mass is 9.86. The van der Waals surface area contributed by atoms with E-state index in [-0.39, 0.29) is 5.75 Å². The standard InChI is InChI=1S/C23H25N3O/c1-5-6-16-11-12-25-20(13-16)19-14-18(9-10-21(19)27)23(4,17-7-8-17)26-22(24)15(2)3/h9-14,17,27H,2,7-8H2,1,3-4H3,(H2,24,26). The highest BCUT2D eigenvalue weighted by atomic mass is 16.3. The first-order chi connectivity index (χ1) is 12.8. The Balaban J connectivity index is 2.11. The molecule has 0 saturated heterocycles. The molecule has 1 saturated carbocycles. The van der Waals surface area contributed by atoms with Crippen molar-refractivity contribution < 1.29 is 5.11 Å². The number of aromatic hydroxyl groups is 1. The fourth-order valence-corrected chi connectivity index (χ4v) is 3.24. The summed E-state index contributed by atoms with van der Waals surface area (Å²) in [5, 5.41) is 10.4. The minimum absolute atomic E-state index is 0.183. The number of pyridine rings is 1. The quantitative estimate of drug-likeness (QED) is 0.473. The van der Waals surface area contributed by atoms with Crippen LogP contribution in [0.25, 0.3) is 11.3 Å². The Hall–Kier alpha value is -3.06. The average Bonchev–Trinajstić information content (AvgIpc) is 3.48. The van der Waals surface area contributed by atoms with Crippen LogP contribution in [0.2, 0.25) is 0 Å². The number of benzene rings is 1. The van der Waals surface area contributed by atoms with E-state index in [4.69, 9.17) is 10.7 Å². The van der Waals surface area contributed by atoms with Gasteiger partial charge in [-0.25, -0.2) is 0 Å². The van der Waals surface area contributed by atoms with Gasteiger partial charge in [-0.1, -0.05) is 18.6 Å². The lowest BCUT2D eigenvalue weighted by molar-refractivity contribution is 0.428. The van der Waals surface area contributed by atoms with Crippen molar-refractivity contribution in [1.82, 2.24) is 4.98 Å². The number of aliphatic imine (C=N–C) groups is 1. The number of aromatic nitrogens is 1. The van der Waals surface area contributed by atoms with Crippen LogP contribution in [0.4, 0.5) is 0 Å². The van der Waals surface area contributed by atoms with Crippen LogP contribution in [0.15, 0.2) is 53.7 Å². The number of nitrogens with zero attached hydrogens (tertiary/aromatic N) is 2. The van der Waals surface area contributed by atoms with E-state index >= 15 is 0 Å². The molecule has 0 radical (unpaired) electrons. The topological polar surface area (TPSA) is 71.5 Å². The lowest BCUT2D eigenvalue weighted by Gasteiger charge is -2.27. The van der Waals surface area contributed by atoms with Crippen LogP contribution in [-0.4, -0.2) is 15.9 Å². The Labute approximate surface area is 160 Å². The van der Waals surface area contributed by atoms with Gasteiger partial charge >= 0.3 is 0 Å². The first-order valence-corrected chi connectivity index (χ1v) is 9.09. The van der Waals surface area contributed by atoms with Gasteiger partial charge in [-0.15, -0.1) is 5.92 Å². The van der Waals surface area contributed by atoms with E-state index in [0.29, 0.717) is 23.0 Å². The number of rotatable bonds is 5. The number of amidine groups is 1. The molecule has 0 bridgehead atoms. The molecule has 0 aliphatic heterocycles. The lowest BCUT2D eigenvalue weighted by Crippen LogP contribution is -2.27. The minimum Gasteiger partial charge on any atom is -0.507 e. The van der Waals surface area contributed by atoms with Crippen molar-refractivity contribution in [3.05, 3.63) is 59.8 Å². The second kappa shape index (κ2) is 7.28. The van der Waals surface area contributed by atoms with Crippen molar-refractivity contribution in [3.8, 4) is 28.8 Å². The fourth-order valence-electron chi connectivity index (χ4n) is 3.24. The molecule has 4 heteroatoms. The summed E-state index contributed by atoms with van der Waals surface area (Å²) in [5.74, 6) is 7.00. The van der Waals surface area contributed by atoms with Gasteiger partial charge in [0.05, 0.1) is 11.2 Å². The average molecular weight is 359 g/mol. The molecule has 1 fully saturated rings. The molecular formula is C23H25N3O. The summed E-state index contributed by atoms with van der Waals surface area (Å²) in [7, 11) is 0. The molecule has 0 amide bonds. The first kappa shape index (κ1) is 18.7. The van der Waals surface area contributed by atoms with Gasteiger partial charge in [-0.05, 0) is 74.9 Å². The van der Waals surface area contributed by atoms with E-state index in [2.05, 4.69) is 30.3 Å². The van der Waals surface area contributed by atoms with Crippen molar-refractivity contribution >= 4 is 5.84 Å². The Morgan fingerprint density at radius 1 is 1.33 bits per heavy atom. The highest BCUT2D eigenvalue weighted by Crippen LogP contribution is 2.49. The van der Waals surface area contributed by atoms with Gasteiger partial charge in [0, 0.05) is 17.3 Å². The highest BCUT2D eigenvalue weighted by molar-refractivity contribution is 5.96. The second-order valence-corrected chi connectivity index (χ2v) is 7.24. The van der Waals surface area contributed by atoms with Crippen LogP contribution < -0.4 is 5.73 Å². The van der Waals surface area contributed by atoms with Crippen molar-refractivity contribution in [2.24, 2.45) is 16.6 Å². The molecule has 1 unspecified atom stereocenters. The van der Waals surface area contributed by atoms with E-state index in [9.17, 15) is 5.11 Å². The molecule has 27 heavy (non-hydrogen) atoms. The number of phenols is 1. The van der Waals surface area contributed by atoms with Crippen molar-refractivity contribution in [2.45, 2.75) is 39.2 Å². The predicted molar refractivity (Wildman–Crippen MR) is 110 cm³/mol. The van der Waals surface area contributed by atoms with Gasteiger partial charge in [0.15, 0.2) is 0 Å². The molecule has 1 heterocycles. The van der Waals surface area contributed by atoms with Gasteiger partial charge in [0.2, 0.25) is 0 Å². The van der Waals surface area contributed by atoms with Crippen molar-refractivity contribution in [3.63, 3.8) is 0 Å². The Kier molecular flexibility index (Phi) is 5.05. The summed E-state index contributed by atoms with van der Waals surface area (Å²) in [5.41, 5.74) is 9.64. The molecule has 3 rings (SSSR count). The van der Waals surface area contributed by atoms with Crippen LogP contribution in [0.5, 0.6) is 5.75 Å². The molecule has 2 aromatic rings. The second-order valence-electron chi connectivity index (χ2n) is 7.24. The molecule has 138 valence electrons. The van der Waals surface area contributed by atoms with Gasteiger partial charge < -0.3 is 10.8 Å². The largest absolute Gasteiger partial charge is 0.507 e. The number of hydrogen-bond acceptors (Lipinski definition) is 3. The summed E-state index contributed by atoms with van der Waals surface area (Å²) in [6.07, 6.45) is 3.93. The monoisotopic (exact) mass is 359 g/mol. The molecule has 1 aromatic heterocycles. The normalized spacial score (nSPS) is 16.2. The van der Waals surface area contributed by atoms with E-state index in [1.807, 2.05) is 31.2 Å². The molecule has 0 spiro atoms. The van der Waals surface area contributed by atoms with E-state index in [1.54, 1.807) is 19.2 Å². The predicted octanol–water partition coefficient (Wildman–Crippen LogP) is 4.38. The third kappa shape index (κ3) is 3.88. The number of phenolic OH excluding ortho intramolecular Hbond substituents is 1. The maximum absolute atomic E-state index is 10.4. The fraction of sp³-hybridized carbons (Fsp3) is 0.304. The Bertz CT molecular complexity index is 977. The molecule has 1 atom stereocenters. The van der Waals surface area contributed by atoms with Crippen LogP contribution in [0, 0.1) is 17.8 Å². The zero-order valence-corrected chi connectivity index (χ0v) is 16.1. The van der Waals surface area contributed by atoms with Crippen molar-refractivity contribution in [1.29, 1.82) is 0 Å². The maximum Gasteiger partial charge on any atom is 0.124 e. The van der Waals surface area contributed by atoms with Gasteiger partial charge in [-0.2, -0.15) is 0 Å². The van der Waals surface area contributed by atoms with Gasteiger partial charge in [0.1, 0.15) is 11.6 Å². The zero-order valence-electron chi connectivity index (χ0n) is 16.1. The molecular weight excluding hydrogens is 334 g/mol. The minimum atomic E-state index is -0.452. The highest BCUT2D eigenvalue weighted by Gasteiger charge is 2.43. The van der Waals surface area contributed by atoms with Crippen LogP contribution in [0.3, 0.4) is 0 Å². The van der Waals surface area contributed by atoms with Gasteiger partial charge in [-0.3, -0.25) is 9.98 Å². The summed E-state index contributed by atoms with van der Waals surface area (Å²) in [6.45, 7) is 9.66.